The normalized spacial score (nSPS) is 16.2. The lowest BCUT2D eigenvalue weighted by Gasteiger charge is -2.37. The summed E-state index contributed by atoms with van der Waals surface area (Å²) in [5, 5.41) is 9.95. The third-order valence-electron chi connectivity index (χ3n) is 5.40. The molecule has 1 unspecified atom stereocenters. The number of rotatable bonds is 5. The first-order valence-corrected chi connectivity index (χ1v) is 11.4. The number of nitrogens with one attached hydrogen (secondary N) is 1. The second-order valence-corrected chi connectivity index (χ2v) is 8.70. The van der Waals surface area contributed by atoms with Crippen molar-refractivity contribution in [2.45, 2.75) is 13.0 Å². The molecule has 33 heavy (non-hydrogen) atoms. The number of ether oxygens (including phenoxy) is 1. The van der Waals surface area contributed by atoms with E-state index in [4.69, 9.17) is 21.5 Å². The van der Waals surface area contributed by atoms with Crippen molar-refractivity contribution in [3.8, 4) is 16.5 Å². The van der Waals surface area contributed by atoms with Crippen LogP contribution in [0.25, 0.3) is 16.3 Å². The molecule has 0 fully saturated rings. The molecule has 4 aromatic rings. The number of allylic oxidation sites excluding steroid dienone is 1. The van der Waals surface area contributed by atoms with Gasteiger partial charge in [0.2, 0.25) is 5.82 Å². The van der Waals surface area contributed by atoms with Crippen LogP contribution in [-0.4, -0.2) is 22.4 Å². The quantitative estimate of drug-likeness (QED) is 0.363. The molecule has 1 atom stereocenters. The lowest BCUT2D eigenvalue weighted by molar-refractivity contribution is 0.404. The molecular weight excluding hydrogens is 459 g/mol. The molecule has 0 radical (unpaired) electrons. The molecule has 1 N–H and O–H groups in total. The van der Waals surface area contributed by atoms with Crippen LogP contribution in [0.5, 0.6) is 5.75 Å². The molecule has 3 heterocycles. The van der Waals surface area contributed by atoms with Gasteiger partial charge in [-0.1, -0.05) is 23.4 Å². The summed E-state index contributed by atoms with van der Waals surface area (Å²) in [7, 11) is 1.62. The third kappa shape index (κ3) is 4.01. The van der Waals surface area contributed by atoms with Gasteiger partial charge in [0.05, 0.1) is 23.6 Å². The highest BCUT2D eigenvalue weighted by Crippen LogP contribution is 2.39. The maximum Gasteiger partial charge on any atom is 0.258 e. The minimum Gasteiger partial charge on any atom is -0.497 e. The van der Waals surface area contributed by atoms with Crippen LogP contribution < -0.4 is 15.0 Å². The van der Waals surface area contributed by atoms with E-state index in [9.17, 15) is 4.39 Å². The third-order valence-corrected chi connectivity index (χ3v) is 6.56. The molecule has 0 bridgehead atoms. The van der Waals surface area contributed by atoms with Gasteiger partial charge in [0.15, 0.2) is 5.11 Å². The summed E-state index contributed by atoms with van der Waals surface area (Å²) >= 11 is 7.25. The average Bonchev–Trinajstić information content (AvgIpc) is 3.51. The van der Waals surface area contributed by atoms with Crippen LogP contribution in [0.3, 0.4) is 0 Å². The fraction of sp³-hybridized carbons (Fsp3) is 0.125. The SMILES string of the molecule is COc1ccc(N2C(=S)NC(c3cccc(F)c3)C(c3nc(-c4cccs4)no3)=C2C)cc1. The van der Waals surface area contributed by atoms with Crippen LogP contribution in [-0.2, 0) is 0 Å². The first kappa shape index (κ1) is 21.3. The highest BCUT2D eigenvalue weighted by Gasteiger charge is 2.35. The smallest absolute Gasteiger partial charge is 0.258 e. The van der Waals surface area contributed by atoms with Crippen molar-refractivity contribution in [2.24, 2.45) is 0 Å². The molecule has 1 aliphatic heterocycles. The molecular formula is C24H19FN4O2S2. The van der Waals surface area contributed by atoms with E-state index in [2.05, 4.69) is 15.5 Å². The molecule has 166 valence electrons. The minimum absolute atomic E-state index is 0.334. The molecule has 5 rings (SSSR count). The van der Waals surface area contributed by atoms with Crippen LogP contribution in [0, 0.1) is 5.82 Å². The number of halogens is 1. The predicted octanol–water partition coefficient (Wildman–Crippen LogP) is 5.81. The van der Waals surface area contributed by atoms with Gasteiger partial charge in [-0.25, -0.2) is 4.39 Å². The van der Waals surface area contributed by atoms with E-state index < -0.39 is 6.04 Å². The number of hydrogen-bond acceptors (Lipinski definition) is 6. The summed E-state index contributed by atoms with van der Waals surface area (Å²) in [5.41, 5.74) is 3.08. The lowest BCUT2D eigenvalue weighted by atomic mass is 9.94. The summed E-state index contributed by atoms with van der Waals surface area (Å²) in [6.07, 6.45) is 0. The van der Waals surface area contributed by atoms with Crippen molar-refractivity contribution in [3.63, 3.8) is 0 Å². The molecule has 0 saturated heterocycles. The van der Waals surface area contributed by atoms with Gasteiger partial charge < -0.3 is 14.6 Å². The monoisotopic (exact) mass is 478 g/mol. The number of thiocarbonyl (C=S) groups is 1. The van der Waals surface area contributed by atoms with Gasteiger partial charge in [0.1, 0.15) is 11.6 Å². The molecule has 0 saturated carbocycles. The first-order chi connectivity index (χ1) is 16.0. The van der Waals surface area contributed by atoms with Gasteiger partial charge in [-0.2, -0.15) is 4.98 Å². The fourth-order valence-corrected chi connectivity index (χ4v) is 4.85. The molecule has 1 aliphatic rings. The number of anilines is 1. The Balaban J connectivity index is 1.65. The molecule has 0 aliphatic carbocycles. The molecule has 0 amide bonds. The molecule has 9 heteroatoms. The van der Waals surface area contributed by atoms with Crippen molar-refractivity contribution in [2.75, 3.05) is 12.0 Å². The Hall–Kier alpha value is -3.56. The van der Waals surface area contributed by atoms with E-state index in [0.29, 0.717) is 22.4 Å². The van der Waals surface area contributed by atoms with Crippen molar-refractivity contribution in [1.29, 1.82) is 0 Å². The molecule has 2 aromatic heterocycles. The second-order valence-electron chi connectivity index (χ2n) is 7.37. The second kappa shape index (κ2) is 8.76. The standard InChI is InChI=1S/C24H19FN4O2S2/c1-14-20(23-27-22(28-31-23)19-7-4-12-33-19)21(15-5-3-6-16(25)13-15)26-24(32)29(14)17-8-10-18(30-2)11-9-17/h3-13,21H,1-2H3,(H,26,32). The first-order valence-electron chi connectivity index (χ1n) is 10.1. The number of thiophene rings is 1. The van der Waals surface area contributed by atoms with Gasteiger partial charge in [-0.15, -0.1) is 11.3 Å². The molecule has 6 nitrogen and oxygen atoms in total. The zero-order valence-corrected chi connectivity index (χ0v) is 19.4. The van der Waals surface area contributed by atoms with E-state index in [1.54, 1.807) is 13.2 Å². The Kier molecular flexibility index (Phi) is 5.65. The largest absolute Gasteiger partial charge is 0.497 e. The Labute approximate surface area is 199 Å². The maximum absolute atomic E-state index is 14.1. The number of benzene rings is 2. The Bertz CT molecular complexity index is 1330. The summed E-state index contributed by atoms with van der Waals surface area (Å²) < 4.78 is 25.1. The van der Waals surface area contributed by atoms with E-state index in [1.807, 2.05) is 59.7 Å². The summed E-state index contributed by atoms with van der Waals surface area (Å²) in [5.74, 6) is 1.26. The molecule has 2 aromatic carbocycles. The summed E-state index contributed by atoms with van der Waals surface area (Å²) in [6.45, 7) is 1.94. The average molecular weight is 479 g/mol. The highest BCUT2D eigenvalue weighted by atomic mass is 32.1. The van der Waals surface area contributed by atoms with Crippen LogP contribution >= 0.6 is 23.6 Å². The zero-order valence-electron chi connectivity index (χ0n) is 17.8. The van der Waals surface area contributed by atoms with Crippen molar-refractivity contribution < 1.29 is 13.7 Å². The van der Waals surface area contributed by atoms with E-state index in [1.165, 1.54) is 23.5 Å². The number of methoxy groups -OCH3 is 1. The van der Waals surface area contributed by atoms with Gasteiger partial charge in [0.25, 0.3) is 5.89 Å². The van der Waals surface area contributed by atoms with E-state index in [-0.39, 0.29) is 5.82 Å². The Morgan fingerprint density at radius 3 is 2.67 bits per heavy atom. The predicted molar refractivity (Wildman–Crippen MR) is 131 cm³/mol. The van der Waals surface area contributed by atoms with Gasteiger partial charge in [-0.05, 0) is 72.5 Å². The number of nitrogens with zero attached hydrogens (tertiary/aromatic N) is 3. The van der Waals surface area contributed by atoms with Crippen LogP contribution in [0.2, 0.25) is 0 Å². The van der Waals surface area contributed by atoms with Crippen molar-refractivity contribution in [3.05, 3.63) is 89.0 Å². The maximum atomic E-state index is 14.1. The van der Waals surface area contributed by atoms with Crippen molar-refractivity contribution >= 4 is 39.9 Å². The molecule has 0 spiro atoms. The topological polar surface area (TPSA) is 63.4 Å². The summed E-state index contributed by atoms with van der Waals surface area (Å²) in [6, 6.07) is 17.4. The highest BCUT2D eigenvalue weighted by molar-refractivity contribution is 7.80. The van der Waals surface area contributed by atoms with Gasteiger partial charge >= 0.3 is 0 Å². The Morgan fingerprint density at radius 2 is 1.97 bits per heavy atom. The Morgan fingerprint density at radius 1 is 1.15 bits per heavy atom. The van der Waals surface area contributed by atoms with Gasteiger partial charge in [-0.3, -0.25) is 4.90 Å². The van der Waals surface area contributed by atoms with E-state index in [0.717, 1.165) is 27.6 Å². The fourth-order valence-electron chi connectivity index (χ4n) is 3.84. The lowest BCUT2D eigenvalue weighted by Crippen LogP contribution is -2.46. The van der Waals surface area contributed by atoms with E-state index >= 15 is 0 Å². The van der Waals surface area contributed by atoms with Crippen LogP contribution in [0.15, 0.2) is 76.3 Å². The van der Waals surface area contributed by atoms with Crippen LogP contribution in [0.4, 0.5) is 10.1 Å². The number of aromatic nitrogens is 2. The minimum atomic E-state index is -0.459. The zero-order chi connectivity index (χ0) is 22.9. The van der Waals surface area contributed by atoms with Gasteiger partial charge in [0, 0.05) is 11.4 Å². The summed E-state index contributed by atoms with van der Waals surface area (Å²) in [4.78, 5) is 7.45. The van der Waals surface area contributed by atoms with Crippen LogP contribution in [0.1, 0.15) is 24.4 Å². The van der Waals surface area contributed by atoms with Crippen molar-refractivity contribution in [1.82, 2.24) is 15.5 Å². The number of hydrogen-bond donors (Lipinski definition) is 1.